The first kappa shape index (κ1) is 19.4. The third-order valence-corrected chi connectivity index (χ3v) is 6.04. The predicted molar refractivity (Wildman–Crippen MR) is 94.9 cm³/mol. The van der Waals surface area contributed by atoms with Gasteiger partial charge in [-0.15, -0.1) is 0 Å². The van der Waals surface area contributed by atoms with E-state index in [1.54, 1.807) is 24.8 Å². The van der Waals surface area contributed by atoms with Gasteiger partial charge >= 0.3 is 0 Å². The molecule has 1 aliphatic heterocycles. The van der Waals surface area contributed by atoms with Gasteiger partial charge in [0.15, 0.2) is 0 Å². The number of carbonyl (C=O) groups is 2. The van der Waals surface area contributed by atoms with Gasteiger partial charge in [0.05, 0.1) is 4.90 Å². The fraction of sp³-hybridized carbons (Fsp3) is 0.529. The number of benzene rings is 1. The Morgan fingerprint density at radius 2 is 2.00 bits per heavy atom. The molecule has 7 nitrogen and oxygen atoms in total. The summed E-state index contributed by atoms with van der Waals surface area (Å²) in [5.74, 6) is -0.147. The van der Waals surface area contributed by atoms with Gasteiger partial charge in [-0.3, -0.25) is 9.59 Å². The highest BCUT2D eigenvalue weighted by molar-refractivity contribution is 7.89. The Morgan fingerprint density at radius 1 is 1.28 bits per heavy atom. The molecule has 0 spiro atoms. The molecule has 2 N–H and O–H groups in total. The first-order valence-corrected chi connectivity index (χ1v) is 9.85. The predicted octanol–water partition coefficient (Wildman–Crippen LogP) is 0.954. The van der Waals surface area contributed by atoms with E-state index in [0.29, 0.717) is 37.1 Å². The normalized spacial score (nSPS) is 14.8. The van der Waals surface area contributed by atoms with Gasteiger partial charge in [-0.2, -0.15) is 0 Å². The van der Waals surface area contributed by atoms with Gasteiger partial charge in [-0.25, -0.2) is 13.1 Å². The van der Waals surface area contributed by atoms with Gasteiger partial charge in [0.1, 0.15) is 0 Å². The Bertz CT molecular complexity index is 774. The van der Waals surface area contributed by atoms with Crippen LogP contribution in [0.25, 0.3) is 0 Å². The minimum Gasteiger partial charge on any atom is -0.352 e. The number of amides is 2. The van der Waals surface area contributed by atoms with Crippen molar-refractivity contribution < 1.29 is 18.0 Å². The van der Waals surface area contributed by atoms with E-state index in [0.717, 1.165) is 18.5 Å². The van der Waals surface area contributed by atoms with Crippen LogP contribution >= 0.6 is 0 Å². The standard InChI is InChI=1S/C17H25N3O4S/c1-12-10-14(11-15(13(12)2)25(23,24)18-3)17(22)19-7-5-9-20-8-4-6-16(20)21/h10-11,18H,4-9H2,1-3H3,(H,19,22). The van der Waals surface area contributed by atoms with E-state index in [1.807, 2.05) is 0 Å². The summed E-state index contributed by atoms with van der Waals surface area (Å²) < 4.78 is 26.5. The van der Waals surface area contributed by atoms with Crippen LogP contribution in [0.15, 0.2) is 17.0 Å². The van der Waals surface area contributed by atoms with E-state index in [2.05, 4.69) is 10.0 Å². The second kappa shape index (κ2) is 7.97. The van der Waals surface area contributed by atoms with Crippen LogP contribution in [0.3, 0.4) is 0 Å². The summed E-state index contributed by atoms with van der Waals surface area (Å²) in [5, 5.41) is 2.79. The average Bonchev–Trinajstić information content (AvgIpc) is 2.98. The minimum atomic E-state index is -3.62. The highest BCUT2D eigenvalue weighted by Gasteiger charge is 2.20. The average molecular weight is 367 g/mol. The van der Waals surface area contributed by atoms with Crippen molar-refractivity contribution in [3.8, 4) is 0 Å². The summed E-state index contributed by atoms with van der Waals surface area (Å²) in [6.07, 6.45) is 2.18. The van der Waals surface area contributed by atoms with Crippen molar-refractivity contribution >= 4 is 21.8 Å². The van der Waals surface area contributed by atoms with Gasteiger partial charge in [-0.05, 0) is 57.0 Å². The third-order valence-electron chi connectivity index (χ3n) is 4.50. The van der Waals surface area contributed by atoms with Crippen LogP contribution in [-0.2, 0) is 14.8 Å². The molecule has 0 unspecified atom stereocenters. The molecule has 0 radical (unpaired) electrons. The van der Waals surface area contributed by atoms with E-state index in [1.165, 1.54) is 13.1 Å². The van der Waals surface area contributed by atoms with Gasteiger partial charge in [-0.1, -0.05) is 0 Å². The molecule has 1 heterocycles. The number of likely N-dealkylation sites (tertiary alicyclic amines) is 1. The zero-order valence-electron chi connectivity index (χ0n) is 14.9. The molecule has 1 fully saturated rings. The highest BCUT2D eigenvalue weighted by atomic mass is 32.2. The fourth-order valence-corrected chi connectivity index (χ4v) is 3.93. The topological polar surface area (TPSA) is 95.6 Å². The second-order valence-corrected chi connectivity index (χ2v) is 8.07. The largest absolute Gasteiger partial charge is 0.352 e. The summed E-state index contributed by atoms with van der Waals surface area (Å²) in [6.45, 7) is 5.35. The lowest BCUT2D eigenvalue weighted by molar-refractivity contribution is -0.127. The number of rotatable bonds is 7. The third kappa shape index (κ3) is 4.58. The minimum absolute atomic E-state index is 0.114. The number of carbonyl (C=O) groups excluding carboxylic acids is 2. The Balaban J connectivity index is 2.00. The molecule has 8 heteroatoms. The second-order valence-electron chi connectivity index (χ2n) is 6.22. The molecule has 2 rings (SSSR count). The first-order chi connectivity index (χ1) is 11.8. The van der Waals surface area contributed by atoms with Crippen molar-refractivity contribution in [2.45, 2.75) is 38.0 Å². The van der Waals surface area contributed by atoms with Crippen LogP contribution in [-0.4, -0.2) is 51.8 Å². The zero-order valence-corrected chi connectivity index (χ0v) is 15.7. The Labute approximate surface area is 148 Å². The fourth-order valence-electron chi connectivity index (χ4n) is 2.86. The number of hydrogen-bond donors (Lipinski definition) is 2. The molecule has 0 aliphatic carbocycles. The molecule has 2 amide bonds. The van der Waals surface area contributed by atoms with Gasteiger partial charge in [0, 0.05) is 31.6 Å². The van der Waals surface area contributed by atoms with E-state index in [-0.39, 0.29) is 16.7 Å². The zero-order chi connectivity index (χ0) is 18.6. The van der Waals surface area contributed by atoms with Gasteiger partial charge < -0.3 is 10.2 Å². The molecule has 1 aromatic rings. The monoisotopic (exact) mass is 367 g/mol. The van der Waals surface area contributed by atoms with Crippen molar-refractivity contribution in [3.63, 3.8) is 0 Å². The summed E-state index contributed by atoms with van der Waals surface area (Å²) in [4.78, 5) is 25.8. The number of hydrogen-bond acceptors (Lipinski definition) is 4. The molecule has 1 aliphatic rings. The Hall–Kier alpha value is -1.93. The number of nitrogens with one attached hydrogen (secondary N) is 2. The SMILES string of the molecule is CNS(=O)(=O)c1cc(C(=O)NCCCN2CCCC2=O)cc(C)c1C. The Kier molecular flexibility index (Phi) is 6.18. The van der Waals surface area contributed by atoms with Crippen LogP contribution in [0.5, 0.6) is 0 Å². The van der Waals surface area contributed by atoms with E-state index in [4.69, 9.17) is 0 Å². The molecule has 1 aromatic carbocycles. The summed E-state index contributed by atoms with van der Waals surface area (Å²) in [7, 11) is -2.28. The van der Waals surface area contributed by atoms with E-state index < -0.39 is 10.0 Å². The number of sulfonamides is 1. The smallest absolute Gasteiger partial charge is 0.251 e. The van der Waals surface area contributed by atoms with Crippen LogP contribution in [0.1, 0.15) is 40.7 Å². The van der Waals surface area contributed by atoms with Crippen molar-refractivity contribution in [3.05, 3.63) is 28.8 Å². The Morgan fingerprint density at radius 3 is 2.60 bits per heavy atom. The first-order valence-electron chi connectivity index (χ1n) is 8.37. The van der Waals surface area contributed by atoms with E-state index >= 15 is 0 Å². The molecule has 1 saturated heterocycles. The lowest BCUT2D eigenvalue weighted by Gasteiger charge is -2.16. The van der Waals surface area contributed by atoms with Crippen molar-refractivity contribution in [1.29, 1.82) is 0 Å². The lowest BCUT2D eigenvalue weighted by Crippen LogP contribution is -2.31. The summed E-state index contributed by atoms with van der Waals surface area (Å²) in [6, 6.07) is 3.08. The molecular weight excluding hydrogens is 342 g/mol. The van der Waals surface area contributed by atoms with Crippen molar-refractivity contribution in [2.24, 2.45) is 0 Å². The van der Waals surface area contributed by atoms with Crippen LogP contribution in [0.2, 0.25) is 0 Å². The van der Waals surface area contributed by atoms with Crippen LogP contribution < -0.4 is 10.0 Å². The summed E-state index contributed by atoms with van der Waals surface area (Å²) in [5.41, 5.74) is 1.68. The molecule has 0 atom stereocenters. The van der Waals surface area contributed by atoms with Gasteiger partial charge in [0.25, 0.3) is 5.91 Å². The quantitative estimate of drug-likeness (QED) is 0.702. The van der Waals surface area contributed by atoms with Crippen molar-refractivity contribution in [1.82, 2.24) is 14.9 Å². The lowest BCUT2D eigenvalue weighted by atomic mass is 10.1. The maximum absolute atomic E-state index is 12.3. The number of nitrogens with zero attached hydrogens (tertiary/aromatic N) is 1. The van der Waals surface area contributed by atoms with Gasteiger partial charge in [0.2, 0.25) is 15.9 Å². The molecule has 25 heavy (non-hydrogen) atoms. The summed E-state index contributed by atoms with van der Waals surface area (Å²) >= 11 is 0. The maximum atomic E-state index is 12.3. The molecule has 0 aromatic heterocycles. The highest BCUT2D eigenvalue weighted by Crippen LogP contribution is 2.21. The van der Waals surface area contributed by atoms with Crippen molar-refractivity contribution in [2.75, 3.05) is 26.7 Å². The number of aryl methyl sites for hydroxylation is 1. The van der Waals surface area contributed by atoms with E-state index in [9.17, 15) is 18.0 Å². The van der Waals surface area contributed by atoms with Crippen LogP contribution in [0.4, 0.5) is 0 Å². The van der Waals surface area contributed by atoms with Crippen LogP contribution in [0, 0.1) is 13.8 Å². The molecule has 138 valence electrons. The molecule has 0 saturated carbocycles. The molecule has 0 bridgehead atoms. The maximum Gasteiger partial charge on any atom is 0.251 e. The molecular formula is C17H25N3O4S.